The number of ether oxygens (including phenoxy) is 1. The molecule has 0 radical (unpaired) electrons. The highest BCUT2D eigenvalue weighted by atomic mass is 35.5. The second kappa shape index (κ2) is 7.11. The summed E-state index contributed by atoms with van der Waals surface area (Å²) in [5.74, 6) is 0.405. The number of carbonyl (C=O) groups is 1. The van der Waals surface area contributed by atoms with Crippen LogP contribution >= 0.6 is 34.7 Å². The summed E-state index contributed by atoms with van der Waals surface area (Å²) in [6.07, 6.45) is 0. The number of thioether (sulfide) groups is 1. The van der Waals surface area contributed by atoms with E-state index in [9.17, 15) is 4.79 Å². The zero-order chi connectivity index (χ0) is 15.4. The van der Waals surface area contributed by atoms with Gasteiger partial charge in [0.15, 0.2) is 4.34 Å². The number of nitrogens with zero attached hydrogens (tertiary/aromatic N) is 2. The number of methoxy groups -OCH3 is 1. The van der Waals surface area contributed by atoms with E-state index in [2.05, 4.69) is 15.5 Å². The predicted molar refractivity (Wildman–Crippen MR) is 86.6 cm³/mol. The number of anilines is 1. The summed E-state index contributed by atoms with van der Waals surface area (Å²) in [4.78, 5) is 12.2. The van der Waals surface area contributed by atoms with E-state index < -0.39 is 0 Å². The summed E-state index contributed by atoms with van der Waals surface area (Å²) in [5, 5.41) is 10.8. The molecular weight excluding hydrogens is 330 g/mol. The van der Waals surface area contributed by atoms with E-state index in [1.165, 1.54) is 30.2 Å². The normalized spacial score (nSPS) is 12.0. The topological polar surface area (TPSA) is 64.1 Å². The maximum atomic E-state index is 12.2. The summed E-state index contributed by atoms with van der Waals surface area (Å²) in [6, 6.07) is 3.48. The Morgan fingerprint density at radius 2 is 2.29 bits per heavy atom. The number of aromatic nitrogens is 2. The van der Waals surface area contributed by atoms with Gasteiger partial charge in [-0.15, -0.1) is 10.2 Å². The second-order valence-corrected chi connectivity index (χ2v) is 7.08. The van der Waals surface area contributed by atoms with Crippen LogP contribution in [0.25, 0.3) is 0 Å². The monoisotopic (exact) mass is 343 g/mol. The van der Waals surface area contributed by atoms with Gasteiger partial charge in [-0.25, -0.2) is 0 Å². The number of rotatable bonds is 5. The molecule has 1 N–H and O–H groups in total. The number of carbonyl (C=O) groups excluding carboxylic acids is 1. The molecule has 0 bridgehead atoms. The lowest BCUT2D eigenvalue weighted by Crippen LogP contribution is -2.22. The molecule has 1 aromatic heterocycles. The molecule has 0 aliphatic carbocycles. The number of hydrogen-bond acceptors (Lipinski definition) is 6. The molecule has 0 aliphatic heterocycles. The highest BCUT2D eigenvalue weighted by Crippen LogP contribution is 2.32. The minimum Gasteiger partial charge on any atom is -0.495 e. The average Bonchev–Trinajstić information content (AvgIpc) is 2.95. The molecule has 8 heteroatoms. The highest BCUT2D eigenvalue weighted by Gasteiger charge is 2.18. The van der Waals surface area contributed by atoms with Crippen molar-refractivity contribution in [3.05, 3.63) is 28.2 Å². The molecular formula is C13H14ClN3O2S2. The van der Waals surface area contributed by atoms with Crippen LogP contribution in [0.5, 0.6) is 5.75 Å². The van der Waals surface area contributed by atoms with Crippen LogP contribution in [0, 0.1) is 6.92 Å². The lowest BCUT2D eigenvalue weighted by atomic mass is 10.2. The van der Waals surface area contributed by atoms with E-state index in [0.717, 1.165) is 9.90 Å². The standard InChI is InChI=1S/C13H14ClN3O2S2/c1-7-4-10(11(19-3)5-9(7)14)16-12(18)8(2)21-13-17-15-6-20-13/h4-6,8H,1-3H3,(H,16,18). The number of hydrogen-bond donors (Lipinski definition) is 1. The van der Waals surface area contributed by atoms with Gasteiger partial charge < -0.3 is 10.1 Å². The Morgan fingerprint density at radius 3 is 2.90 bits per heavy atom. The first-order chi connectivity index (χ1) is 10.0. The molecule has 0 saturated heterocycles. The molecule has 21 heavy (non-hydrogen) atoms. The van der Waals surface area contributed by atoms with Crippen molar-refractivity contribution < 1.29 is 9.53 Å². The van der Waals surface area contributed by atoms with Crippen LogP contribution in [0.1, 0.15) is 12.5 Å². The number of halogens is 1. The van der Waals surface area contributed by atoms with Gasteiger partial charge in [-0.2, -0.15) is 0 Å². The molecule has 1 unspecified atom stereocenters. The van der Waals surface area contributed by atoms with Crippen LogP contribution in [0.4, 0.5) is 5.69 Å². The van der Waals surface area contributed by atoms with E-state index >= 15 is 0 Å². The molecule has 1 aromatic carbocycles. The summed E-state index contributed by atoms with van der Waals surface area (Å²) in [7, 11) is 1.54. The van der Waals surface area contributed by atoms with E-state index in [0.29, 0.717) is 16.5 Å². The van der Waals surface area contributed by atoms with Crippen molar-refractivity contribution in [3.63, 3.8) is 0 Å². The Morgan fingerprint density at radius 1 is 1.52 bits per heavy atom. The Balaban J connectivity index is 2.10. The lowest BCUT2D eigenvalue weighted by molar-refractivity contribution is -0.115. The van der Waals surface area contributed by atoms with Gasteiger partial charge in [0.25, 0.3) is 0 Å². The lowest BCUT2D eigenvalue weighted by Gasteiger charge is -2.14. The minimum atomic E-state index is -0.293. The third-order valence-electron chi connectivity index (χ3n) is 2.73. The summed E-state index contributed by atoms with van der Waals surface area (Å²) in [5.41, 5.74) is 3.12. The zero-order valence-corrected chi connectivity index (χ0v) is 14.1. The molecule has 1 amide bonds. The Kier molecular flexibility index (Phi) is 5.44. The number of benzene rings is 1. The van der Waals surface area contributed by atoms with E-state index in [-0.39, 0.29) is 11.2 Å². The molecule has 112 valence electrons. The van der Waals surface area contributed by atoms with Crippen LogP contribution in [0.15, 0.2) is 22.0 Å². The summed E-state index contributed by atoms with van der Waals surface area (Å²) >= 11 is 8.82. The van der Waals surface area contributed by atoms with Gasteiger partial charge in [0.1, 0.15) is 11.3 Å². The van der Waals surface area contributed by atoms with E-state index in [1.54, 1.807) is 17.6 Å². The summed E-state index contributed by atoms with van der Waals surface area (Å²) < 4.78 is 6.00. The number of nitrogens with one attached hydrogen (secondary N) is 1. The highest BCUT2D eigenvalue weighted by molar-refractivity contribution is 8.02. The zero-order valence-electron chi connectivity index (χ0n) is 11.7. The molecule has 2 aromatic rings. The molecule has 5 nitrogen and oxygen atoms in total. The van der Waals surface area contributed by atoms with Crippen molar-refractivity contribution in [3.8, 4) is 5.75 Å². The SMILES string of the molecule is COc1cc(Cl)c(C)cc1NC(=O)C(C)Sc1nncs1. The van der Waals surface area contributed by atoms with Gasteiger partial charge in [0, 0.05) is 11.1 Å². The Labute approximate surface area is 136 Å². The van der Waals surface area contributed by atoms with Gasteiger partial charge in [-0.05, 0) is 25.5 Å². The first-order valence-corrected chi connectivity index (χ1v) is 8.22. The fraction of sp³-hybridized carbons (Fsp3) is 0.308. The van der Waals surface area contributed by atoms with Crippen molar-refractivity contribution in [1.29, 1.82) is 0 Å². The predicted octanol–water partition coefficient (Wildman–Crippen LogP) is 3.63. The van der Waals surface area contributed by atoms with Crippen molar-refractivity contribution >= 4 is 46.3 Å². The van der Waals surface area contributed by atoms with Crippen molar-refractivity contribution in [2.24, 2.45) is 0 Å². The maximum absolute atomic E-state index is 12.2. The largest absolute Gasteiger partial charge is 0.495 e. The number of aryl methyl sites for hydroxylation is 1. The van der Waals surface area contributed by atoms with E-state index in [1.807, 2.05) is 13.8 Å². The first-order valence-electron chi connectivity index (χ1n) is 6.09. The third kappa shape index (κ3) is 4.09. The van der Waals surface area contributed by atoms with Gasteiger partial charge in [0.2, 0.25) is 5.91 Å². The Hall–Kier alpha value is -1.31. The molecule has 2 rings (SSSR count). The second-order valence-electron chi connectivity index (χ2n) is 4.26. The van der Waals surface area contributed by atoms with Crippen LogP contribution in [-0.2, 0) is 4.79 Å². The average molecular weight is 344 g/mol. The molecule has 0 spiro atoms. The van der Waals surface area contributed by atoms with Gasteiger partial charge >= 0.3 is 0 Å². The fourth-order valence-electron chi connectivity index (χ4n) is 1.58. The van der Waals surface area contributed by atoms with Crippen LogP contribution in [0.3, 0.4) is 0 Å². The molecule has 1 atom stereocenters. The van der Waals surface area contributed by atoms with Crippen molar-refractivity contribution in [2.75, 3.05) is 12.4 Å². The van der Waals surface area contributed by atoms with Crippen molar-refractivity contribution in [1.82, 2.24) is 10.2 Å². The maximum Gasteiger partial charge on any atom is 0.237 e. The minimum absolute atomic E-state index is 0.129. The Bertz CT molecular complexity index is 635. The molecule has 0 fully saturated rings. The van der Waals surface area contributed by atoms with Gasteiger partial charge in [-0.1, -0.05) is 34.7 Å². The van der Waals surface area contributed by atoms with Crippen molar-refractivity contribution in [2.45, 2.75) is 23.4 Å². The summed E-state index contributed by atoms with van der Waals surface area (Å²) in [6.45, 7) is 3.69. The van der Waals surface area contributed by atoms with Gasteiger partial charge in [0.05, 0.1) is 18.0 Å². The fourth-order valence-corrected chi connectivity index (χ4v) is 3.36. The number of amides is 1. The molecule has 0 aliphatic rings. The van der Waals surface area contributed by atoms with Crippen LogP contribution in [0.2, 0.25) is 5.02 Å². The first kappa shape index (κ1) is 16.1. The smallest absolute Gasteiger partial charge is 0.237 e. The molecule has 0 saturated carbocycles. The van der Waals surface area contributed by atoms with Crippen LogP contribution < -0.4 is 10.1 Å². The third-order valence-corrected chi connectivity index (χ3v) is 5.04. The van der Waals surface area contributed by atoms with E-state index in [4.69, 9.17) is 16.3 Å². The quantitative estimate of drug-likeness (QED) is 0.840. The molecule has 1 heterocycles. The van der Waals surface area contributed by atoms with Gasteiger partial charge in [-0.3, -0.25) is 4.79 Å². The van der Waals surface area contributed by atoms with Crippen LogP contribution in [-0.4, -0.2) is 28.5 Å².